The number of hydrogen-bond donors (Lipinski definition) is 1. The van der Waals surface area contributed by atoms with E-state index < -0.39 is 0 Å². The van der Waals surface area contributed by atoms with Gasteiger partial charge in [-0.2, -0.15) is 5.10 Å². The maximum Gasteiger partial charge on any atom is 0.244 e. The molecule has 0 saturated carbocycles. The van der Waals surface area contributed by atoms with Gasteiger partial charge in [0.05, 0.1) is 17.1 Å². The average molecular weight is 391 g/mol. The van der Waals surface area contributed by atoms with Crippen molar-refractivity contribution in [2.45, 2.75) is 6.42 Å². The van der Waals surface area contributed by atoms with Crippen LogP contribution in [0.15, 0.2) is 64.7 Å². The number of benzene rings is 2. The molecular weight excluding hydrogens is 375 g/mol. The van der Waals surface area contributed by atoms with E-state index in [9.17, 15) is 9.18 Å². The third kappa shape index (κ3) is 5.62. The van der Waals surface area contributed by atoms with E-state index in [2.05, 4.69) is 33.0 Å². The Kier molecular flexibility index (Phi) is 6.69. The van der Waals surface area contributed by atoms with Crippen LogP contribution in [-0.4, -0.2) is 18.7 Å². The van der Waals surface area contributed by atoms with Gasteiger partial charge in [0.25, 0.3) is 0 Å². The highest BCUT2D eigenvalue weighted by atomic mass is 79.9. The minimum atomic E-state index is -0.330. The van der Waals surface area contributed by atoms with Gasteiger partial charge in [-0.15, -0.1) is 0 Å². The Morgan fingerprint density at radius 3 is 2.71 bits per heavy atom. The Balaban J connectivity index is 1.88. The summed E-state index contributed by atoms with van der Waals surface area (Å²) in [7, 11) is 0. The van der Waals surface area contributed by atoms with E-state index in [-0.39, 0.29) is 18.1 Å². The minimum Gasteiger partial charge on any atom is -0.488 e. The largest absolute Gasteiger partial charge is 0.488 e. The van der Waals surface area contributed by atoms with Crippen LogP contribution in [0, 0.1) is 5.82 Å². The molecular formula is C18H16BrFN2O2. The predicted octanol–water partition coefficient (Wildman–Crippen LogP) is 3.85. The van der Waals surface area contributed by atoms with Gasteiger partial charge >= 0.3 is 0 Å². The van der Waals surface area contributed by atoms with Gasteiger partial charge < -0.3 is 4.74 Å². The SMILES string of the molecule is C=CCOc1ccc(/C=N/NC(=O)Cc2ccc(F)cc2)cc1Br. The quantitative estimate of drug-likeness (QED) is 0.443. The van der Waals surface area contributed by atoms with Crippen molar-refractivity contribution >= 4 is 28.1 Å². The summed E-state index contributed by atoms with van der Waals surface area (Å²) in [5, 5.41) is 3.91. The van der Waals surface area contributed by atoms with E-state index in [1.54, 1.807) is 24.3 Å². The lowest BCUT2D eigenvalue weighted by molar-refractivity contribution is -0.120. The number of halogens is 2. The van der Waals surface area contributed by atoms with Gasteiger partial charge in [-0.25, -0.2) is 9.82 Å². The van der Waals surface area contributed by atoms with Crippen molar-refractivity contribution in [2.75, 3.05) is 6.61 Å². The fraction of sp³-hybridized carbons (Fsp3) is 0.111. The van der Waals surface area contributed by atoms with Crippen molar-refractivity contribution in [3.05, 3.63) is 76.5 Å². The Hall–Kier alpha value is -2.47. The molecule has 0 heterocycles. The van der Waals surface area contributed by atoms with Crippen LogP contribution in [0.3, 0.4) is 0 Å². The van der Waals surface area contributed by atoms with E-state index in [0.717, 1.165) is 15.6 Å². The van der Waals surface area contributed by atoms with E-state index in [0.29, 0.717) is 12.4 Å². The molecule has 0 radical (unpaired) electrons. The van der Waals surface area contributed by atoms with Gasteiger partial charge in [-0.05, 0) is 57.4 Å². The molecule has 0 aliphatic heterocycles. The maximum atomic E-state index is 12.8. The first kappa shape index (κ1) is 17.9. The molecule has 4 nitrogen and oxygen atoms in total. The van der Waals surface area contributed by atoms with E-state index in [1.807, 2.05) is 12.1 Å². The number of rotatable bonds is 7. The number of amides is 1. The first-order valence-corrected chi connectivity index (χ1v) is 7.97. The molecule has 6 heteroatoms. The molecule has 2 aromatic rings. The molecule has 124 valence electrons. The summed E-state index contributed by atoms with van der Waals surface area (Å²) in [5.74, 6) is 0.0959. The van der Waals surface area contributed by atoms with E-state index >= 15 is 0 Å². The lowest BCUT2D eigenvalue weighted by atomic mass is 10.1. The predicted molar refractivity (Wildman–Crippen MR) is 95.7 cm³/mol. The Morgan fingerprint density at radius 1 is 1.29 bits per heavy atom. The standard InChI is InChI=1S/C18H16BrFN2O2/c1-2-9-24-17-8-5-14(10-16(17)19)12-21-22-18(23)11-13-3-6-15(20)7-4-13/h2-8,10,12H,1,9,11H2,(H,22,23)/b21-12+. The van der Waals surface area contributed by atoms with Crippen molar-refractivity contribution < 1.29 is 13.9 Å². The highest BCUT2D eigenvalue weighted by Crippen LogP contribution is 2.25. The second-order valence-electron chi connectivity index (χ2n) is 4.89. The van der Waals surface area contributed by atoms with E-state index in [4.69, 9.17) is 4.74 Å². The maximum absolute atomic E-state index is 12.8. The van der Waals surface area contributed by atoms with Gasteiger partial charge in [0.1, 0.15) is 18.2 Å². The van der Waals surface area contributed by atoms with Crippen molar-refractivity contribution in [3.8, 4) is 5.75 Å². The average Bonchev–Trinajstić information content (AvgIpc) is 2.56. The highest BCUT2D eigenvalue weighted by molar-refractivity contribution is 9.10. The summed E-state index contributed by atoms with van der Waals surface area (Å²) in [4.78, 5) is 11.8. The van der Waals surface area contributed by atoms with Crippen LogP contribution >= 0.6 is 15.9 Å². The number of nitrogens with zero attached hydrogens (tertiary/aromatic N) is 1. The highest BCUT2D eigenvalue weighted by Gasteiger charge is 2.03. The molecule has 0 aliphatic rings. The fourth-order valence-corrected chi connectivity index (χ4v) is 2.38. The Bertz CT molecular complexity index is 745. The minimum absolute atomic E-state index is 0.135. The summed E-state index contributed by atoms with van der Waals surface area (Å²) < 4.78 is 19.0. The Morgan fingerprint density at radius 2 is 2.04 bits per heavy atom. The number of carbonyl (C=O) groups excluding carboxylic acids is 1. The monoisotopic (exact) mass is 390 g/mol. The molecule has 0 aliphatic carbocycles. The van der Waals surface area contributed by atoms with Gasteiger partial charge in [0.2, 0.25) is 5.91 Å². The number of ether oxygens (including phenoxy) is 1. The van der Waals surface area contributed by atoms with Crippen LogP contribution < -0.4 is 10.2 Å². The summed E-state index contributed by atoms with van der Waals surface area (Å²) in [5.41, 5.74) is 3.96. The molecule has 2 aromatic carbocycles. The summed E-state index contributed by atoms with van der Waals surface area (Å²) in [6.45, 7) is 4.02. The number of hydrogen-bond acceptors (Lipinski definition) is 3. The van der Waals surface area contributed by atoms with Crippen LogP contribution in [0.25, 0.3) is 0 Å². The van der Waals surface area contributed by atoms with E-state index in [1.165, 1.54) is 18.3 Å². The lowest BCUT2D eigenvalue weighted by Gasteiger charge is -2.06. The Labute approximate surface area is 148 Å². The smallest absolute Gasteiger partial charge is 0.244 e. The number of carbonyl (C=O) groups is 1. The zero-order chi connectivity index (χ0) is 17.4. The summed E-state index contributed by atoms with van der Waals surface area (Å²) in [6.07, 6.45) is 3.33. The van der Waals surface area contributed by atoms with Crippen LogP contribution in [0.1, 0.15) is 11.1 Å². The number of hydrazone groups is 1. The first-order valence-electron chi connectivity index (χ1n) is 7.18. The molecule has 0 bridgehead atoms. The second kappa shape index (κ2) is 8.98. The first-order chi connectivity index (χ1) is 11.6. The zero-order valence-corrected chi connectivity index (χ0v) is 14.4. The second-order valence-corrected chi connectivity index (χ2v) is 5.74. The van der Waals surface area contributed by atoms with Crippen molar-refractivity contribution in [2.24, 2.45) is 5.10 Å². The third-order valence-electron chi connectivity index (χ3n) is 2.99. The van der Waals surface area contributed by atoms with Crippen molar-refractivity contribution in [3.63, 3.8) is 0 Å². The summed E-state index contributed by atoms with van der Waals surface area (Å²) in [6, 6.07) is 11.2. The zero-order valence-electron chi connectivity index (χ0n) is 12.8. The summed E-state index contributed by atoms with van der Waals surface area (Å²) >= 11 is 3.41. The van der Waals surface area contributed by atoms with Gasteiger partial charge in [-0.3, -0.25) is 4.79 Å². The molecule has 0 atom stereocenters. The molecule has 1 N–H and O–H groups in total. The molecule has 1 amide bonds. The fourth-order valence-electron chi connectivity index (χ4n) is 1.87. The van der Waals surface area contributed by atoms with Crippen molar-refractivity contribution in [1.29, 1.82) is 0 Å². The van der Waals surface area contributed by atoms with Gasteiger partial charge in [0.15, 0.2) is 0 Å². The lowest BCUT2D eigenvalue weighted by Crippen LogP contribution is -2.19. The van der Waals surface area contributed by atoms with Crippen LogP contribution in [0.5, 0.6) is 5.75 Å². The van der Waals surface area contributed by atoms with Crippen LogP contribution in [0.2, 0.25) is 0 Å². The van der Waals surface area contributed by atoms with Crippen LogP contribution in [-0.2, 0) is 11.2 Å². The molecule has 0 saturated heterocycles. The van der Waals surface area contributed by atoms with Gasteiger partial charge in [0, 0.05) is 0 Å². The van der Waals surface area contributed by atoms with Crippen LogP contribution in [0.4, 0.5) is 4.39 Å². The van der Waals surface area contributed by atoms with Crippen molar-refractivity contribution in [1.82, 2.24) is 5.43 Å². The number of nitrogens with one attached hydrogen (secondary N) is 1. The molecule has 0 spiro atoms. The molecule has 24 heavy (non-hydrogen) atoms. The topological polar surface area (TPSA) is 50.7 Å². The molecule has 0 fully saturated rings. The normalized spacial score (nSPS) is 10.6. The van der Waals surface area contributed by atoms with Gasteiger partial charge in [-0.1, -0.05) is 24.8 Å². The molecule has 0 aromatic heterocycles. The molecule has 2 rings (SSSR count). The third-order valence-corrected chi connectivity index (χ3v) is 3.61. The molecule has 0 unspecified atom stereocenters.